The maximum Gasteiger partial charge on any atom is 0.309 e. The minimum atomic E-state index is -3.59. The van der Waals surface area contributed by atoms with Gasteiger partial charge in [0.05, 0.1) is 29.0 Å². The van der Waals surface area contributed by atoms with Gasteiger partial charge in [0.1, 0.15) is 5.75 Å². The van der Waals surface area contributed by atoms with E-state index in [9.17, 15) is 13.2 Å². The molecule has 0 bridgehead atoms. The van der Waals surface area contributed by atoms with Crippen LogP contribution in [0.5, 0.6) is 5.75 Å². The summed E-state index contributed by atoms with van der Waals surface area (Å²) in [5.74, 6) is 0.00296. The van der Waals surface area contributed by atoms with E-state index in [-0.39, 0.29) is 16.8 Å². The molecule has 0 spiro atoms. The standard InChI is InChI=1S/C15H20BrNO5S/c1-3-22-15(18)11-6-8-17(9-7-11)23(19,20)12-4-5-13(16)14(10-12)21-2/h4-5,10-11H,3,6-9H2,1-2H3. The van der Waals surface area contributed by atoms with Gasteiger partial charge in [0.2, 0.25) is 10.0 Å². The SMILES string of the molecule is CCOC(=O)C1CCN(S(=O)(=O)c2ccc(Br)c(OC)c2)CC1. The smallest absolute Gasteiger partial charge is 0.309 e. The molecular formula is C15H20BrNO5S. The summed E-state index contributed by atoms with van der Waals surface area (Å²) in [5.41, 5.74) is 0. The molecule has 2 rings (SSSR count). The first-order valence-electron chi connectivity index (χ1n) is 7.40. The zero-order valence-corrected chi connectivity index (χ0v) is 15.5. The quantitative estimate of drug-likeness (QED) is 0.703. The number of sulfonamides is 1. The first-order chi connectivity index (χ1) is 10.9. The Morgan fingerprint density at radius 3 is 2.57 bits per heavy atom. The van der Waals surface area contributed by atoms with Gasteiger partial charge in [-0.05, 0) is 47.8 Å². The van der Waals surface area contributed by atoms with E-state index in [4.69, 9.17) is 9.47 Å². The molecular weight excluding hydrogens is 386 g/mol. The fraction of sp³-hybridized carbons (Fsp3) is 0.533. The largest absolute Gasteiger partial charge is 0.496 e. The van der Waals surface area contributed by atoms with Crippen LogP contribution in [0, 0.1) is 5.92 Å². The van der Waals surface area contributed by atoms with E-state index < -0.39 is 10.0 Å². The van der Waals surface area contributed by atoms with E-state index in [1.54, 1.807) is 19.1 Å². The highest BCUT2D eigenvalue weighted by Gasteiger charge is 2.33. The third-order valence-corrected chi connectivity index (χ3v) is 6.38. The molecule has 0 unspecified atom stereocenters. The van der Waals surface area contributed by atoms with Crippen LogP contribution in [-0.4, -0.2) is 45.5 Å². The number of rotatable bonds is 5. The first-order valence-corrected chi connectivity index (χ1v) is 9.63. The van der Waals surface area contributed by atoms with Gasteiger partial charge in [-0.2, -0.15) is 4.31 Å². The summed E-state index contributed by atoms with van der Waals surface area (Å²) in [4.78, 5) is 11.9. The fourth-order valence-corrected chi connectivity index (χ4v) is 4.44. The summed E-state index contributed by atoms with van der Waals surface area (Å²) in [6.45, 7) is 2.73. The molecule has 0 aliphatic carbocycles. The Kier molecular flexibility index (Phi) is 6.05. The van der Waals surface area contributed by atoms with Crippen molar-refractivity contribution in [3.05, 3.63) is 22.7 Å². The molecule has 8 heteroatoms. The number of nitrogens with zero attached hydrogens (tertiary/aromatic N) is 1. The number of ether oxygens (including phenoxy) is 2. The Bertz CT molecular complexity index is 668. The van der Waals surface area contributed by atoms with Crippen molar-refractivity contribution >= 4 is 31.9 Å². The predicted molar refractivity (Wildman–Crippen MR) is 88.8 cm³/mol. The molecule has 1 fully saturated rings. The van der Waals surface area contributed by atoms with Gasteiger partial charge in [-0.15, -0.1) is 0 Å². The van der Waals surface area contributed by atoms with Crippen LogP contribution in [0.2, 0.25) is 0 Å². The van der Waals surface area contributed by atoms with Gasteiger partial charge in [-0.3, -0.25) is 4.79 Å². The van der Waals surface area contributed by atoms with Crippen LogP contribution in [0.15, 0.2) is 27.6 Å². The van der Waals surface area contributed by atoms with E-state index in [0.29, 0.717) is 42.8 Å². The highest BCUT2D eigenvalue weighted by molar-refractivity contribution is 9.10. The highest BCUT2D eigenvalue weighted by atomic mass is 79.9. The van der Waals surface area contributed by atoms with Crippen molar-refractivity contribution in [1.29, 1.82) is 0 Å². The van der Waals surface area contributed by atoms with E-state index in [1.165, 1.54) is 17.5 Å². The molecule has 6 nitrogen and oxygen atoms in total. The lowest BCUT2D eigenvalue weighted by Gasteiger charge is -2.30. The highest BCUT2D eigenvalue weighted by Crippen LogP contribution is 2.30. The van der Waals surface area contributed by atoms with Crippen LogP contribution < -0.4 is 4.74 Å². The van der Waals surface area contributed by atoms with Crippen LogP contribution in [-0.2, 0) is 19.6 Å². The van der Waals surface area contributed by atoms with E-state index in [2.05, 4.69) is 15.9 Å². The lowest BCUT2D eigenvalue weighted by Crippen LogP contribution is -2.40. The van der Waals surface area contributed by atoms with Crippen molar-refractivity contribution in [2.45, 2.75) is 24.7 Å². The van der Waals surface area contributed by atoms with Gasteiger partial charge in [0, 0.05) is 19.2 Å². The number of carbonyl (C=O) groups excluding carboxylic acids is 1. The van der Waals surface area contributed by atoms with Gasteiger partial charge >= 0.3 is 5.97 Å². The summed E-state index contributed by atoms with van der Waals surface area (Å²) in [6, 6.07) is 4.69. The molecule has 1 aliphatic heterocycles. The van der Waals surface area contributed by atoms with Crippen molar-refractivity contribution in [1.82, 2.24) is 4.31 Å². The molecule has 1 saturated heterocycles. The zero-order chi connectivity index (χ0) is 17.0. The van der Waals surface area contributed by atoms with Crippen molar-refractivity contribution in [2.75, 3.05) is 26.8 Å². The fourth-order valence-electron chi connectivity index (χ4n) is 2.54. The lowest BCUT2D eigenvalue weighted by atomic mass is 9.98. The average molecular weight is 406 g/mol. The van der Waals surface area contributed by atoms with E-state index >= 15 is 0 Å². The van der Waals surface area contributed by atoms with Gasteiger partial charge in [0.25, 0.3) is 0 Å². The molecule has 0 N–H and O–H groups in total. The minimum absolute atomic E-state index is 0.187. The molecule has 0 saturated carbocycles. The molecule has 0 radical (unpaired) electrons. The van der Waals surface area contributed by atoms with Crippen LogP contribution >= 0.6 is 15.9 Å². The second-order valence-corrected chi connectivity index (χ2v) is 8.02. The molecule has 1 aliphatic rings. The van der Waals surface area contributed by atoms with Crippen molar-refractivity contribution in [3.8, 4) is 5.75 Å². The number of esters is 1. The average Bonchev–Trinajstić information content (AvgIpc) is 2.55. The predicted octanol–water partition coefficient (Wildman–Crippen LogP) is 2.42. The molecule has 128 valence electrons. The molecule has 0 aromatic heterocycles. The second kappa shape index (κ2) is 7.63. The Morgan fingerprint density at radius 1 is 1.35 bits per heavy atom. The monoisotopic (exact) mass is 405 g/mol. The molecule has 0 atom stereocenters. The molecule has 0 amide bonds. The van der Waals surface area contributed by atoms with Crippen molar-refractivity contribution in [3.63, 3.8) is 0 Å². The summed E-state index contributed by atoms with van der Waals surface area (Å²) >= 11 is 3.31. The normalized spacial score (nSPS) is 17.0. The maximum absolute atomic E-state index is 12.7. The lowest BCUT2D eigenvalue weighted by molar-refractivity contribution is -0.149. The Hall–Kier alpha value is -1.12. The van der Waals surface area contributed by atoms with Gasteiger partial charge in [-0.1, -0.05) is 0 Å². The third-order valence-electron chi connectivity index (χ3n) is 3.83. The summed E-state index contributed by atoms with van der Waals surface area (Å²) < 4.78 is 37.7. The Labute approximate surface area is 144 Å². The summed E-state index contributed by atoms with van der Waals surface area (Å²) in [7, 11) is -2.10. The Balaban J connectivity index is 2.11. The summed E-state index contributed by atoms with van der Waals surface area (Å²) in [5, 5.41) is 0. The number of hydrogen-bond donors (Lipinski definition) is 0. The van der Waals surface area contributed by atoms with E-state index in [0.717, 1.165) is 0 Å². The van der Waals surface area contributed by atoms with Gasteiger partial charge in [-0.25, -0.2) is 8.42 Å². The number of piperidine rings is 1. The number of carbonyl (C=O) groups is 1. The topological polar surface area (TPSA) is 72.9 Å². The van der Waals surface area contributed by atoms with Crippen LogP contribution in [0.1, 0.15) is 19.8 Å². The van der Waals surface area contributed by atoms with Crippen LogP contribution in [0.25, 0.3) is 0 Å². The van der Waals surface area contributed by atoms with Gasteiger partial charge in [0.15, 0.2) is 0 Å². The molecule has 1 aromatic carbocycles. The van der Waals surface area contributed by atoms with Crippen molar-refractivity contribution < 1.29 is 22.7 Å². The molecule has 1 aromatic rings. The van der Waals surface area contributed by atoms with E-state index in [1.807, 2.05) is 0 Å². The zero-order valence-electron chi connectivity index (χ0n) is 13.1. The maximum atomic E-state index is 12.7. The number of methoxy groups -OCH3 is 1. The van der Waals surface area contributed by atoms with Crippen LogP contribution in [0.4, 0.5) is 0 Å². The first kappa shape index (κ1) is 18.2. The second-order valence-electron chi connectivity index (χ2n) is 5.23. The van der Waals surface area contributed by atoms with Crippen molar-refractivity contribution in [2.24, 2.45) is 5.92 Å². The number of halogens is 1. The molecule has 23 heavy (non-hydrogen) atoms. The Morgan fingerprint density at radius 2 is 2.00 bits per heavy atom. The summed E-state index contributed by atoms with van der Waals surface area (Å²) in [6.07, 6.45) is 0.956. The number of hydrogen-bond acceptors (Lipinski definition) is 5. The van der Waals surface area contributed by atoms with Gasteiger partial charge < -0.3 is 9.47 Å². The number of benzene rings is 1. The molecule has 1 heterocycles. The minimum Gasteiger partial charge on any atom is -0.496 e. The third kappa shape index (κ3) is 4.05. The van der Waals surface area contributed by atoms with Crippen LogP contribution in [0.3, 0.4) is 0 Å².